The Balaban J connectivity index is 1.84. The van der Waals surface area contributed by atoms with Crippen LogP contribution >= 0.6 is 0 Å². The Morgan fingerprint density at radius 3 is 2.52 bits per heavy atom. The van der Waals surface area contributed by atoms with E-state index in [1.54, 1.807) is 20.3 Å². The van der Waals surface area contributed by atoms with Crippen molar-refractivity contribution in [2.45, 2.75) is 18.3 Å². The molecule has 3 rings (SSSR count). The van der Waals surface area contributed by atoms with Crippen LogP contribution in [0.5, 0.6) is 11.5 Å². The summed E-state index contributed by atoms with van der Waals surface area (Å²) in [6.45, 7) is 1.66. The van der Waals surface area contributed by atoms with Gasteiger partial charge in [-0.3, -0.25) is 4.79 Å². The van der Waals surface area contributed by atoms with Gasteiger partial charge in [-0.25, -0.2) is 4.39 Å². The zero-order valence-corrected chi connectivity index (χ0v) is 15.6. The fraction of sp³-hybridized carbons (Fsp3) is 0.381. The highest BCUT2D eigenvalue weighted by molar-refractivity contribution is 5.94. The van der Waals surface area contributed by atoms with Crippen LogP contribution in [0.1, 0.15) is 28.8 Å². The Hall–Kier alpha value is -2.60. The molecule has 1 aliphatic rings. The van der Waals surface area contributed by atoms with Crippen LogP contribution in [-0.4, -0.2) is 39.9 Å². The molecule has 1 aliphatic heterocycles. The lowest BCUT2D eigenvalue weighted by Gasteiger charge is -2.38. The number of carbonyl (C=O) groups excluding carboxylic acids is 1. The van der Waals surface area contributed by atoms with E-state index in [-0.39, 0.29) is 11.3 Å². The van der Waals surface area contributed by atoms with E-state index in [1.165, 1.54) is 18.2 Å². The minimum Gasteiger partial charge on any atom is -0.493 e. The molecule has 0 saturated carbocycles. The van der Waals surface area contributed by atoms with E-state index < -0.39 is 5.82 Å². The van der Waals surface area contributed by atoms with Crippen molar-refractivity contribution in [3.05, 3.63) is 59.4 Å². The summed E-state index contributed by atoms with van der Waals surface area (Å²) in [5, 5.41) is 2.97. The monoisotopic (exact) mass is 373 g/mol. The van der Waals surface area contributed by atoms with Gasteiger partial charge in [0.15, 0.2) is 11.5 Å². The Morgan fingerprint density at radius 1 is 1.11 bits per heavy atom. The zero-order chi connectivity index (χ0) is 19.3. The van der Waals surface area contributed by atoms with Gasteiger partial charge < -0.3 is 19.5 Å². The third-order valence-electron chi connectivity index (χ3n) is 5.12. The van der Waals surface area contributed by atoms with Crippen molar-refractivity contribution in [2.24, 2.45) is 0 Å². The fourth-order valence-corrected chi connectivity index (χ4v) is 3.48. The summed E-state index contributed by atoms with van der Waals surface area (Å²) in [5.41, 5.74) is 1.09. The third kappa shape index (κ3) is 4.22. The molecule has 0 aliphatic carbocycles. The molecule has 0 bridgehead atoms. The summed E-state index contributed by atoms with van der Waals surface area (Å²) in [7, 11) is 3.20. The molecular formula is C21H24FNO4. The van der Waals surface area contributed by atoms with Crippen molar-refractivity contribution in [1.82, 2.24) is 5.32 Å². The molecule has 144 valence electrons. The van der Waals surface area contributed by atoms with Crippen molar-refractivity contribution in [1.29, 1.82) is 0 Å². The Morgan fingerprint density at radius 2 is 1.85 bits per heavy atom. The molecule has 1 amide bonds. The molecule has 0 spiro atoms. The van der Waals surface area contributed by atoms with E-state index in [0.717, 1.165) is 18.4 Å². The van der Waals surface area contributed by atoms with Gasteiger partial charge in [0.25, 0.3) is 5.91 Å². The number of amides is 1. The number of hydrogen-bond acceptors (Lipinski definition) is 4. The number of carbonyl (C=O) groups is 1. The molecule has 1 fully saturated rings. The summed E-state index contributed by atoms with van der Waals surface area (Å²) in [6, 6.07) is 11.5. The second kappa shape index (κ2) is 8.39. The molecule has 6 heteroatoms. The molecule has 0 unspecified atom stereocenters. The lowest BCUT2D eigenvalue weighted by atomic mass is 9.74. The highest BCUT2D eigenvalue weighted by atomic mass is 19.1. The number of nitrogens with one attached hydrogen (secondary N) is 1. The highest BCUT2D eigenvalue weighted by Gasteiger charge is 2.35. The van der Waals surface area contributed by atoms with Crippen LogP contribution in [0.15, 0.2) is 42.5 Å². The average molecular weight is 373 g/mol. The number of hydrogen-bond donors (Lipinski definition) is 1. The van der Waals surface area contributed by atoms with E-state index in [0.29, 0.717) is 36.8 Å². The maximum Gasteiger partial charge on any atom is 0.251 e. The van der Waals surface area contributed by atoms with Gasteiger partial charge >= 0.3 is 0 Å². The predicted molar refractivity (Wildman–Crippen MR) is 100 cm³/mol. The number of ether oxygens (including phenoxy) is 3. The zero-order valence-electron chi connectivity index (χ0n) is 15.6. The molecule has 0 atom stereocenters. The van der Waals surface area contributed by atoms with Gasteiger partial charge in [-0.1, -0.05) is 12.1 Å². The second-order valence-electron chi connectivity index (χ2n) is 6.66. The van der Waals surface area contributed by atoms with Crippen molar-refractivity contribution in [3.8, 4) is 11.5 Å². The summed E-state index contributed by atoms with van der Waals surface area (Å²) in [5.74, 6) is 0.591. The number of rotatable bonds is 6. The van der Waals surface area contributed by atoms with Gasteiger partial charge in [0.1, 0.15) is 5.82 Å². The van der Waals surface area contributed by atoms with E-state index in [9.17, 15) is 9.18 Å². The van der Waals surface area contributed by atoms with E-state index in [2.05, 4.69) is 5.32 Å². The van der Waals surface area contributed by atoms with E-state index in [4.69, 9.17) is 14.2 Å². The van der Waals surface area contributed by atoms with Gasteiger partial charge in [-0.15, -0.1) is 0 Å². The first kappa shape index (κ1) is 19.2. The average Bonchev–Trinajstić information content (AvgIpc) is 2.72. The lowest BCUT2D eigenvalue weighted by molar-refractivity contribution is 0.0486. The second-order valence-corrected chi connectivity index (χ2v) is 6.66. The molecule has 0 radical (unpaired) electrons. The van der Waals surface area contributed by atoms with Crippen LogP contribution in [-0.2, 0) is 10.2 Å². The van der Waals surface area contributed by atoms with Gasteiger partial charge in [-0.2, -0.15) is 0 Å². The van der Waals surface area contributed by atoms with E-state index >= 15 is 0 Å². The van der Waals surface area contributed by atoms with Crippen molar-refractivity contribution >= 4 is 5.91 Å². The largest absolute Gasteiger partial charge is 0.493 e. The molecule has 2 aromatic rings. The number of benzene rings is 2. The molecule has 1 saturated heterocycles. The topological polar surface area (TPSA) is 56.8 Å². The SMILES string of the molecule is COc1ccc(C2(CNC(=O)c3cccc(F)c3)CCOCC2)cc1OC. The molecular weight excluding hydrogens is 349 g/mol. The van der Waals surface area contributed by atoms with Crippen molar-refractivity contribution < 1.29 is 23.4 Å². The Bertz CT molecular complexity index is 803. The minimum absolute atomic E-state index is 0.277. The lowest BCUT2D eigenvalue weighted by Crippen LogP contribution is -2.44. The molecule has 5 nitrogen and oxygen atoms in total. The highest BCUT2D eigenvalue weighted by Crippen LogP contribution is 2.38. The summed E-state index contributed by atoms with van der Waals surface area (Å²) < 4.78 is 29.7. The summed E-state index contributed by atoms with van der Waals surface area (Å²) in [6.07, 6.45) is 1.54. The van der Waals surface area contributed by atoms with Crippen LogP contribution in [0.4, 0.5) is 4.39 Å². The van der Waals surface area contributed by atoms with Gasteiger partial charge in [0.2, 0.25) is 0 Å². The standard InChI is InChI=1S/C21H24FNO4/c1-25-18-7-6-16(13-19(18)26-2)21(8-10-27-11-9-21)14-23-20(24)15-4-3-5-17(22)12-15/h3-7,12-13H,8-11,14H2,1-2H3,(H,23,24). The summed E-state index contributed by atoms with van der Waals surface area (Å²) >= 11 is 0. The Kier molecular flexibility index (Phi) is 5.96. The van der Waals surface area contributed by atoms with Crippen LogP contribution in [0.25, 0.3) is 0 Å². The van der Waals surface area contributed by atoms with Crippen LogP contribution < -0.4 is 14.8 Å². The predicted octanol–water partition coefficient (Wildman–Crippen LogP) is 3.32. The molecule has 1 heterocycles. The van der Waals surface area contributed by atoms with Gasteiger partial charge in [-0.05, 0) is 48.7 Å². The van der Waals surface area contributed by atoms with Crippen LogP contribution in [0.2, 0.25) is 0 Å². The number of methoxy groups -OCH3 is 2. The van der Waals surface area contributed by atoms with Crippen molar-refractivity contribution in [3.63, 3.8) is 0 Å². The normalized spacial score (nSPS) is 15.8. The van der Waals surface area contributed by atoms with Crippen LogP contribution in [0.3, 0.4) is 0 Å². The van der Waals surface area contributed by atoms with Gasteiger partial charge in [0.05, 0.1) is 14.2 Å². The van der Waals surface area contributed by atoms with Gasteiger partial charge in [0, 0.05) is 30.7 Å². The quantitative estimate of drug-likeness (QED) is 0.844. The minimum atomic E-state index is -0.427. The smallest absolute Gasteiger partial charge is 0.251 e. The third-order valence-corrected chi connectivity index (χ3v) is 5.12. The maximum absolute atomic E-state index is 13.4. The molecule has 0 aromatic heterocycles. The Labute approximate surface area is 158 Å². The van der Waals surface area contributed by atoms with E-state index in [1.807, 2.05) is 18.2 Å². The number of halogens is 1. The molecule has 27 heavy (non-hydrogen) atoms. The van der Waals surface area contributed by atoms with Crippen molar-refractivity contribution in [2.75, 3.05) is 34.0 Å². The van der Waals surface area contributed by atoms with Crippen LogP contribution in [0, 0.1) is 5.82 Å². The molecule has 2 aromatic carbocycles. The summed E-state index contributed by atoms with van der Waals surface area (Å²) in [4.78, 5) is 12.5. The molecule has 1 N–H and O–H groups in total. The first-order valence-corrected chi connectivity index (χ1v) is 8.92. The fourth-order valence-electron chi connectivity index (χ4n) is 3.48. The first-order valence-electron chi connectivity index (χ1n) is 8.92. The first-order chi connectivity index (χ1) is 13.1. The maximum atomic E-state index is 13.4.